The number of halogens is 1. The number of carbonyl (C=O) groups excluding carboxylic acids is 1. The van der Waals surface area contributed by atoms with Crippen LogP contribution in [0, 0.1) is 10.1 Å². The van der Waals surface area contributed by atoms with Crippen LogP contribution >= 0.6 is 26.4 Å². The Bertz CT molecular complexity index is 1270. The van der Waals surface area contributed by atoms with Crippen LogP contribution < -0.4 is 0 Å². The van der Waals surface area contributed by atoms with E-state index in [1.165, 1.54) is 31.4 Å². The number of benzene rings is 1. The van der Waals surface area contributed by atoms with Crippen LogP contribution in [0.4, 0.5) is 5.69 Å². The van der Waals surface area contributed by atoms with Crippen molar-refractivity contribution in [3.05, 3.63) is 66.9 Å². The van der Waals surface area contributed by atoms with Gasteiger partial charge in [-0.3, -0.25) is 19.9 Å². The molecule has 2 aliphatic carbocycles. The summed E-state index contributed by atoms with van der Waals surface area (Å²) < 4.78 is 0.881. The first-order valence-corrected chi connectivity index (χ1v) is 15.0. The summed E-state index contributed by atoms with van der Waals surface area (Å²) in [6, 6.07) is 5.02. The molecule has 0 atom stereocenters. The van der Waals surface area contributed by atoms with Gasteiger partial charge in [-0.15, -0.1) is 0 Å². The zero-order valence-corrected chi connectivity index (χ0v) is 23.4. The van der Waals surface area contributed by atoms with Crippen molar-refractivity contribution in [1.29, 1.82) is 0 Å². The summed E-state index contributed by atoms with van der Waals surface area (Å²) in [4.78, 5) is 30.9. The molecule has 200 valence electrons. The normalized spacial score (nSPS) is 16.5. The predicted molar refractivity (Wildman–Crippen MR) is 157 cm³/mol. The number of aromatic nitrogens is 1. The van der Waals surface area contributed by atoms with Crippen molar-refractivity contribution in [2.24, 2.45) is 0 Å². The fraction of sp³-hybridized carbons (Fsp3) is 0.464. The Hall–Kier alpha value is -2.52. The Labute approximate surface area is 230 Å². The lowest BCUT2D eigenvalue weighted by Crippen LogP contribution is -2.34. The first-order valence-electron chi connectivity index (χ1n) is 12.2. The van der Waals surface area contributed by atoms with Crippen molar-refractivity contribution < 1.29 is 14.8 Å². The fourth-order valence-corrected chi connectivity index (χ4v) is 6.41. The highest BCUT2D eigenvalue weighted by atomic mass is 79.9. The van der Waals surface area contributed by atoms with Gasteiger partial charge >= 0.3 is 5.69 Å². The van der Waals surface area contributed by atoms with Crippen molar-refractivity contribution in [2.45, 2.75) is 59.3 Å². The lowest BCUT2D eigenvalue weighted by molar-refractivity contribution is -0.385. The van der Waals surface area contributed by atoms with Crippen molar-refractivity contribution in [3.63, 3.8) is 0 Å². The van der Waals surface area contributed by atoms with E-state index >= 15 is 0 Å². The summed E-state index contributed by atoms with van der Waals surface area (Å²) in [5, 5.41) is 21.6. The Balaban J connectivity index is 0.000000413. The quantitative estimate of drug-likeness (QED) is 0.232. The summed E-state index contributed by atoms with van der Waals surface area (Å²) in [5.74, 6) is -0.261. The molecule has 37 heavy (non-hydrogen) atoms. The van der Waals surface area contributed by atoms with Gasteiger partial charge in [0.1, 0.15) is 0 Å². The third kappa shape index (κ3) is 6.49. The van der Waals surface area contributed by atoms with Gasteiger partial charge in [0.2, 0.25) is 5.91 Å². The Kier molecular flexibility index (Phi) is 9.69. The Morgan fingerprint density at radius 1 is 1.08 bits per heavy atom. The number of aromatic hydroxyl groups is 1. The number of pyridine rings is 1. The van der Waals surface area contributed by atoms with E-state index in [4.69, 9.17) is 0 Å². The topological polar surface area (TPSA) is 96.6 Å². The molecule has 1 N–H and O–H groups in total. The van der Waals surface area contributed by atoms with Gasteiger partial charge in [0.05, 0.1) is 10.6 Å². The number of likely N-dealkylation sites (tertiary alicyclic amines) is 1. The fourth-order valence-electron chi connectivity index (χ4n) is 4.93. The zero-order chi connectivity index (χ0) is 26.0. The predicted octanol–water partition coefficient (Wildman–Crippen LogP) is 6.51. The molecule has 2 heterocycles. The molecule has 0 bridgehead atoms. The second-order valence-corrected chi connectivity index (χ2v) is 12.7. The first-order chi connectivity index (χ1) is 17.2. The molecule has 0 radical (unpaired) electrons. The molecule has 1 aromatic heterocycles. The maximum atomic E-state index is 11.7. The van der Waals surface area contributed by atoms with Gasteiger partial charge in [-0.2, -0.15) is 10.5 Å². The number of phenolic OH excluding ortho intramolecular Hbond substituents is 1. The van der Waals surface area contributed by atoms with E-state index in [9.17, 15) is 20.0 Å². The van der Waals surface area contributed by atoms with Gasteiger partial charge in [-0.05, 0) is 107 Å². The minimum absolute atomic E-state index is 0. The van der Waals surface area contributed by atoms with Crippen molar-refractivity contribution in [3.8, 4) is 5.75 Å². The SMILES string of the molecule is C.CC(=O)N1CCC(=C2c3cc([N+](=O)[O-])c(O)cc3CCc3cc(Br)cnc32)CC1.CS(C)=C1CCC1. The second kappa shape index (κ2) is 12.3. The van der Waals surface area contributed by atoms with E-state index in [-0.39, 0.29) is 24.8 Å². The lowest BCUT2D eigenvalue weighted by Gasteiger charge is -2.29. The van der Waals surface area contributed by atoms with Crippen molar-refractivity contribution in [1.82, 2.24) is 9.88 Å². The van der Waals surface area contributed by atoms with Gasteiger partial charge in [-0.1, -0.05) is 13.0 Å². The summed E-state index contributed by atoms with van der Waals surface area (Å²) in [7, 11) is 0.643. The highest BCUT2D eigenvalue weighted by molar-refractivity contribution is 9.10. The van der Waals surface area contributed by atoms with E-state index in [1.807, 2.05) is 11.0 Å². The third-order valence-electron chi connectivity index (χ3n) is 7.15. The monoisotopic (exact) mass is 589 g/mol. The number of hydrogen-bond donors (Lipinski definition) is 1. The highest BCUT2D eigenvalue weighted by Gasteiger charge is 2.28. The van der Waals surface area contributed by atoms with E-state index in [0.717, 1.165) is 44.4 Å². The van der Waals surface area contributed by atoms with Gasteiger partial charge < -0.3 is 10.0 Å². The number of hydrogen-bond acceptors (Lipinski definition) is 5. The largest absolute Gasteiger partial charge is 0.502 e. The van der Waals surface area contributed by atoms with E-state index in [1.54, 1.807) is 18.0 Å². The Morgan fingerprint density at radius 3 is 2.24 bits per heavy atom. The zero-order valence-electron chi connectivity index (χ0n) is 21.0. The molecule has 1 aromatic carbocycles. The maximum absolute atomic E-state index is 11.7. The molecule has 7 nitrogen and oxygen atoms in total. The number of nitrogens with zero attached hydrogens (tertiary/aromatic N) is 3. The lowest BCUT2D eigenvalue weighted by atomic mass is 9.88. The van der Waals surface area contributed by atoms with E-state index in [2.05, 4.69) is 33.4 Å². The van der Waals surface area contributed by atoms with Gasteiger partial charge in [0, 0.05) is 42.3 Å². The van der Waals surface area contributed by atoms with Crippen LogP contribution in [0.3, 0.4) is 0 Å². The van der Waals surface area contributed by atoms with Crippen LogP contribution in [-0.4, -0.2) is 56.3 Å². The molecule has 2 aromatic rings. The number of phenols is 1. The average Bonchev–Trinajstić information content (AvgIpc) is 2.93. The van der Waals surface area contributed by atoms with Crippen LogP contribution in [0.2, 0.25) is 0 Å². The molecular formula is C28H36BrN3O4S. The number of fused-ring (bicyclic) bond motifs is 2. The molecule has 3 aliphatic rings. The molecular weight excluding hydrogens is 554 g/mol. The molecule has 9 heteroatoms. The number of nitro groups is 1. The molecule has 0 unspecified atom stereocenters. The second-order valence-electron chi connectivity index (χ2n) is 9.61. The van der Waals surface area contributed by atoms with Crippen molar-refractivity contribution >= 4 is 48.4 Å². The van der Waals surface area contributed by atoms with E-state index in [0.29, 0.717) is 42.8 Å². The molecule has 5 rings (SSSR count). The van der Waals surface area contributed by atoms with Crippen LogP contribution in [0.1, 0.15) is 68.8 Å². The molecule has 0 spiro atoms. The maximum Gasteiger partial charge on any atom is 0.311 e. The molecule has 1 saturated heterocycles. The number of rotatable bonds is 1. The van der Waals surface area contributed by atoms with Gasteiger partial charge in [0.15, 0.2) is 5.75 Å². The molecule has 1 saturated carbocycles. The number of carbonyl (C=O) groups is 1. The standard InChI is InChI=1S/C21H20BrN3O4.C6H12S.CH4/c1-12(26)24-6-4-13(5-7-24)20-17-10-18(25(28)29)19(27)9-14(17)2-3-15-8-16(22)11-23-21(15)20;1-7(2)6-4-3-5-6;/h8-11,27H,2-7H2,1H3;3-5H2,1-2H3;1H4. The smallest absolute Gasteiger partial charge is 0.311 e. The Morgan fingerprint density at radius 2 is 1.73 bits per heavy atom. The number of piperidine rings is 1. The number of nitro benzene ring substituents is 1. The molecule has 1 aliphatic heterocycles. The van der Waals surface area contributed by atoms with Gasteiger partial charge in [0.25, 0.3) is 0 Å². The number of aryl methyl sites for hydroxylation is 2. The molecule has 1 amide bonds. The summed E-state index contributed by atoms with van der Waals surface area (Å²) in [5.41, 5.74) is 5.28. The minimum Gasteiger partial charge on any atom is -0.502 e. The molecule has 2 fully saturated rings. The average molecular weight is 591 g/mol. The highest BCUT2D eigenvalue weighted by Crippen LogP contribution is 2.42. The van der Waals surface area contributed by atoms with Crippen LogP contribution in [0.5, 0.6) is 5.75 Å². The summed E-state index contributed by atoms with van der Waals surface area (Å²) in [6.07, 6.45) is 13.4. The first kappa shape index (κ1) is 29.0. The van der Waals surface area contributed by atoms with Gasteiger partial charge in [-0.25, -0.2) is 0 Å². The van der Waals surface area contributed by atoms with Crippen LogP contribution in [-0.2, 0) is 17.6 Å². The minimum atomic E-state index is -0.558. The number of amides is 1. The third-order valence-corrected chi connectivity index (χ3v) is 9.15. The van der Waals surface area contributed by atoms with E-state index < -0.39 is 4.92 Å². The summed E-state index contributed by atoms with van der Waals surface area (Å²) >= 11 is 3.48. The van der Waals surface area contributed by atoms with Crippen LogP contribution in [0.25, 0.3) is 5.57 Å². The summed E-state index contributed by atoms with van der Waals surface area (Å²) in [6.45, 7) is 2.81. The van der Waals surface area contributed by atoms with Crippen LogP contribution in [0.15, 0.2) is 34.4 Å². The van der Waals surface area contributed by atoms with Crippen molar-refractivity contribution in [2.75, 3.05) is 25.6 Å².